The molecule has 1 aliphatic heterocycles. The standard InChI is InChI=1S/C16H21N3O/c1-16(6-9-17-10-7-16)11-19-15(20)13-3-2-4-14-12(13)5-8-18-14/h2-5,8,17-18H,6-7,9-11H2,1H3,(H,19,20). The molecule has 20 heavy (non-hydrogen) atoms. The minimum atomic E-state index is 0.0231. The van der Waals surface area contributed by atoms with E-state index in [0.717, 1.165) is 48.9 Å². The van der Waals surface area contributed by atoms with E-state index in [1.807, 2.05) is 30.5 Å². The number of hydrogen-bond acceptors (Lipinski definition) is 2. The van der Waals surface area contributed by atoms with Crippen molar-refractivity contribution in [2.75, 3.05) is 19.6 Å². The van der Waals surface area contributed by atoms with Crippen molar-refractivity contribution >= 4 is 16.8 Å². The van der Waals surface area contributed by atoms with Gasteiger partial charge in [-0.15, -0.1) is 0 Å². The van der Waals surface area contributed by atoms with Crippen LogP contribution < -0.4 is 10.6 Å². The highest BCUT2D eigenvalue weighted by Crippen LogP contribution is 2.27. The minimum Gasteiger partial charge on any atom is -0.361 e. The number of amides is 1. The smallest absolute Gasteiger partial charge is 0.251 e. The van der Waals surface area contributed by atoms with Crippen LogP contribution in [0.15, 0.2) is 30.5 Å². The van der Waals surface area contributed by atoms with Crippen LogP contribution in [-0.4, -0.2) is 30.5 Å². The van der Waals surface area contributed by atoms with Crippen LogP contribution in [-0.2, 0) is 0 Å². The molecule has 2 aromatic rings. The summed E-state index contributed by atoms with van der Waals surface area (Å²) in [6.45, 7) is 5.08. The predicted octanol–water partition coefficient (Wildman–Crippen LogP) is 2.29. The van der Waals surface area contributed by atoms with E-state index in [1.165, 1.54) is 0 Å². The van der Waals surface area contributed by atoms with Crippen molar-refractivity contribution in [2.24, 2.45) is 5.41 Å². The molecule has 1 aliphatic rings. The van der Waals surface area contributed by atoms with Crippen molar-refractivity contribution in [3.63, 3.8) is 0 Å². The average Bonchev–Trinajstić information content (AvgIpc) is 2.94. The molecule has 3 rings (SSSR count). The number of aromatic nitrogens is 1. The summed E-state index contributed by atoms with van der Waals surface area (Å²) in [4.78, 5) is 15.5. The van der Waals surface area contributed by atoms with E-state index in [0.29, 0.717) is 0 Å². The zero-order valence-electron chi connectivity index (χ0n) is 11.8. The Labute approximate surface area is 118 Å². The highest BCUT2D eigenvalue weighted by molar-refractivity contribution is 6.06. The first-order valence-electron chi connectivity index (χ1n) is 7.23. The molecule has 2 heterocycles. The van der Waals surface area contributed by atoms with Gasteiger partial charge >= 0.3 is 0 Å². The Bertz CT molecular complexity index is 611. The second kappa shape index (κ2) is 5.29. The van der Waals surface area contributed by atoms with Gasteiger partial charge in [-0.25, -0.2) is 0 Å². The van der Waals surface area contributed by atoms with Gasteiger partial charge in [-0.05, 0) is 49.5 Å². The van der Waals surface area contributed by atoms with Crippen LogP contribution in [0, 0.1) is 5.41 Å². The normalized spacial score (nSPS) is 18.1. The molecule has 1 amide bonds. The lowest BCUT2D eigenvalue weighted by Crippen LogP contribution is -2.42. The Morgan fingerprint density at radius 2 is 2.10 bits per heavy atom. The number of piperidine rings is 1. The van der Waals surface area contributed by atoms with Gasteiger partial charge in [0.2, 0.25) is 0 Å². The summed E-state index contributed by atoms with van der Waals surface area (Å²) in [7, 11) is 0. The number of H-pyrrole nitrogens is 1. The van der Waals surface area contributed by atoms with Crippen LogP contribution in [0.25, 0.3) is 10.9 Å². The van der Waals surface area contributed by atoms with Crippen molar-refractivity contribution < 1.29 is 4.79 Å². The summed E-state index contributed by atoms with van der Waals surface area (Å²) in [5.74, 6) is 0.0231. The molecule has 106 valence electrons. The first kappa shape index (κ1) is 13.2. The number of aromatic amines is 1. The SMILES string of the molecule is CC1(CNC(=O)c2cccc3[nH]ccc23)CCNCC1. The van der Waals surface area contributed by atoms with Gasteiger partial charge in [0, 0.05) is 29.2 Å². The maximum atomic E-state index is 12.4. The summed E-state index contributed by atoms with van der Waals surface area (Å²) >= 11 is 0. The zero-order valence-corrected chi connectivity index (χ0v) is 11.8. The Kier molecular flexibility index (Phi) is 3.49. The topological polar surface area (TPSA) is 56.9 Å². The first-order chi connectivity index (χ1) is 9.68. The fraction of sp³-hybridized carbons (Fsp3) is 0.438. The van der Waals surface area contributed by atoms with Crippen LogP contribution in [0.4, 0.5) is 0 Å². The van der Waals surface area contributed by atoms with Gasteiger partial charge in [-0.2, -0.15) is 0 Å². The van der Waals surface area contributed by atoms with Gasteiger partial charge in [0.15, 0.2) is 0 Å². The average molecular weight is 271 g/mol. The quantitative estimate of drug-likeness (QED) is 0.802. The van der Waals surface area contributed by atoms with Gasteiger partial charge in [0.1, 0.15) is 0 Å². The van der Waals surface area contributed by atoms with E-state index in [4.69, 9.17) is 0 Å². The Hall–Kier alpha value is -1.81. The maximum Gasteiger partial charge on any atom is 0.251 e. The van der Waals surface area contributed by atoms with Crippen LogP contribution in [0.1, 0.15) is 30.1 Å². The largest absolute Gasteiger partial charge is 0.361 e. The molecule has 0 saturated carbocycles. The summed E-state index contributed by atoms with van der Waals surface area (Å²) in [5.41, 5.74) is 1.97. The molecule has 0 radical (unpaired) electrons. The number of carbonyl (C=O) groups is 1. The molecule has 4 heteroatoms. The number of hydrogen-bond donors (Lipinski definition) is 3. The van der Waals surface area contributed by atoms with Crippen LogP contribution in [0.3, 0.4) is 0 Å². The van der Waals surface area contributed by atoms with Crippen molar-refractivity contribution in [1.29, 1.82) is 0 Å². The van der Waals surface area contributed by atoms with Crippen molar-refractivity contribution in [3.8, 4) is 0 Å². The lowest BCUT2D eigenvalue weighted by atomic mass is 9.81. The van der Waals surface area contributed by atoms with Crippen LogP contribution in [0.5, 0.6) is 0 Å². The molecule has 4 nitrogen and oxygen atoms in total. The molecule has 0 spiro atoms. The number of nitrogens with one attached hydrogen (secondary N) is 3. The molecule has 1 aromatic heterocycles. The molecule has 0 unspecified atom stereocenters. The van der Waals surface area contributed by atoms with Crippen molar-refractivity contribution in [2.45, 2.75) is 19.8 Å². The Morgan fingerprint density at radius 3 is 2.90 bits per heavy atom. The third-order valence-corrected chi connectivity index (χ3v) is 4.33. The fourth-order valence-electron chi connectivity index (χ4n) is 2.88. The lowest BCUT2D eigenvalue weighted by molar-refractivity contribution is 0.0924. The van der Waals surface area contributed by atoms with Crippen molar-refractivity contribution in [1.82, 2.24) is 15.6 Å². The predicted molar refractivity (Wildman–Crippen MR) is 80.8 cm³/mol. The van der Waals surface area contributed by atoms with Crippen LogP contribution in [0.2, 0.25) is 0 Å². The molecule has 0 bridgehead atoms. The molecule has 3 N–H and O–H groups in total. The number of fused-ring (bicyclic) bond motifs is 1. The van der Waals surface area contributed by atoms with Gasteiger partial charge in [-0.1, -0.05) is 13.0 Å². The molecular formula is C16H21N3O. The number of carbonyl (C=O) groups excluding carboxylic acids is 1. The Morgan fingerprint density at radius 1 is 1.30 bits per heavy atom. The fourth-order valence-corrected chi connectivity index (χ4v) is 2.88. The minimum absolute atomic E-state index is 0.0231. The number of rotatable bonds is 3. The van der Waals surface area contributed by atoms with E-state index in [-0.39, 0.29) is 11.3 Å². The second-order valence-corrected chi connectivity index (χ2v) is 5.99. The third kappa shape index (κ3) is 2.56. The molecule has 0 atom stereocenters. The van der Waals surface area contributed by atoms with Crippen LogP contribution >= 0.6 is 0 Å². The Balaban J connectivity index is 1.71. The first-order valence-corrected chi connectivity index (χ1v) is 7.23. The summed E-state index contributed by atoms with van der Waals surface area (Å²) < 4.78 is 0. The van der Waals surface area contributed by atoms with Crippen molar-refractivity contribution in [3.05, 3.63) is 36.0 Å². The molecule has 1 aromatic carbocycles. The van der Waals surface area contributed by atoms with Gasteiger partial charge in [0.05, 0.1) is 0 Å². The van der Waals surface area contributed by atoms with E-state index in [9.17, 15) is 4.79 Å². The summed E-state index contributed by atoms with van der Waals surface area (Å²) in [6.07, 6.45) is 4.10. The van der Waals surface area contributed by atoms with E-state index >= 15 is 0 Å². The molecule has 1 saturated heterocycles. The van der Waals surface area contributed by atoms with E-state index < -0.39 is 0 Å². The van der Waals surface area contributed by atoms with Gasteiger partial charge in [-0.3, -0.25) is 4.79 Å². The highest BCUT2D eigenvalue weighted by atomic mass is 16.1. The number of benzene rings is 1. The molecule has 0 aliphatic carbocycles. The zero-order chi connectivity index (χ0) is 14.0. The highest BCUT2D eigenvalue weighted by Gasteiger charge is 2.27. The second-order valence-electron chi connectivity index (χ2n) is 5.99. The van der Waals surface area contributed by atoms with Gasteiger partial charge in [0.25, 0.3) is 5.91 Å². The molecular weight excluding hydrogens is 250 g/mol. The van der Waals surface area contributed by atoms with Gasteiger partial charge < -0.3 is 15.6 Å². The lowest BCUT2D eigenvalue weighted by Gasteiger charge is -2.34. The van der Waals surface area contributed by atoms with E-state index in [1.54, 1.807) is 0 Å². The summed E-state index contributed by atoms with van der Waals surface area (Å²) in [6, 6.07) is 7.74. The third-order valence-electron chi connectivity index (χ3n) is 4.33. The summed E-state index contributed by atoms with van der Waals surface area (Å²) in [5, 5.41) is 7.46. The maximum absolute atomic E-state index is 12.4. The monoisotopic (exact) mass is 271 g/mol. The molecule has 1 fully saturated rings. The van der Waals surface area contributed by atoms with E-state index in [2.05, 4.69) is 22.5 Å².